The summed E-state index contributed by atoms with van der Waals surface area (Å²) in [5.74, 6) is 0. The Balaban J connectivity index is 1.69. The van der Waals surface area contributed by atoms with Gasteiger partial charge >= 0.3 is 5.63 Å². The molecule has 0 spiro atoms. The standard InChI is InChI=1S/C21H12N4O4S/c22-10-14(11-23-15-4-2-1-3-5-15)20-24-18(12-30-20)17-9-13-8-16(25(27)28)6-7-19(13)29-21(17)26/h1-9,11-12,23H. The van der Waals surface area contributed by atoms with E-state index in [0.29, 0.717) is 21.7 Å². The van der Waals surface area contributed by atoms with Crippen LogP contribution in [0, 0.1) is 21.4 Å². The van der Waals surface area contributed by atoms with Crippen LogP contribution < -0.4 is 10.9 Å². The SMILES string of the molecule is N#CC(=CNc1ccccc1)c1nc(-c2cc3cc([N+](=O)[O-])ccc3oc2=O)cs1. The zero-order chi connectivity index (χ0) is 21.1. The number of nitrogens with one attached hydrogen (secondary N) is 1. The number of nitro groups is 1. The summed E-state index contributed by atoms with van der Waals surface area (Å²) in [6.07, 6.45) is 1.55. The molecular formula is C21H12N4O4S. The van der Waals surface area contributed by atoms with E-state index in [2.05, 4.69) is 16.4 Å². The number of anilines is 1. The normalized spacial score (nSPS) is 11.2. The molecule has 9 heteroatoms. The van der Waals surface area contributed by atoms with Gasteiger partial charge in [0.1, 0.15) is 22.2 Å². The molecule has 0 aliphatic rings. The van der Waals surface area contributed by atoms with Crippen LogP contribution >= 0.6 is 11.3 Å². The molecule has 0 unspecified atom stereocenters. The molecule has 4 aromatic rings. The van der Waals surface area contributed by atoms with Gasteiger partial charge < -0.3 is 9.73 Å². The number of nitrogens with zero attached hydrogens (tertiary/aromatic N) is 3. The summed E-state index contributed by atoms with van der Waals surface area (Å²) in [6, 6.07) is 16.9. The third-order valence-corrected chi connectivity index (χ3v) is 5.09. The molecule has 2 aromatic heterocycles. The Hall–Kier alpha value is -4.29. The van der Waals surface area contributed by atoms with Crippen molar-refractivity contribution in [1.82, 2.24) is 4.98 Å². The van der Waals surface area contributed by atoms with Crippen LogP contribution in [0.5, 0.6) is 0 Å². The topological polar surface area (TPSA) is 122 Å². The van der Waals surface area contributed by atoms with E-state index in [-0.39, 0.29) is 16.8 Å². The molecule has 2 heterocycles. The molecule has 1 N–H and O–H groups in total. The number of allylic oxidation sites excluding steroid dienone is 1. The molecule has 8 nitrogen and oxygen atoms in total. The zero-order valence-electron chi connectivity index (χ0n) is 15.2. The second kappa shape index (κ2) is 7.98. The second-order valence-electron chi connectivity index (χ2n) is 6.14. The summed E-state index contributed by atoms with van der Waals surface area (Å²) in [5.41, 5.74) is 1.14. The van der Waals surface area contributed by atoms with Crippen LogP contribution in [0.2, 0.25) is 0 Å². The molecule has 0 aliphatic heterocycles. The van der Waals surface area contributed by atoms with Gasteiger partial charge in [0.2, 0.25) is 0 Å². The van der Waals surface area contributed by atoms with Gasteiger partial charge in [0.25, 0.3) is 5.69 Å². The molecule has 0 fully saturated rings. The Bertz CT molecular complexity index is 1380. The number of hydrogen-bond acceptors (Lipinski definition) is 8. The van der Waals surface area contributed by atoms with E-state index in [1.807, 2.05) is 30.3 Å². The molecule has 0 aliphatic carbocycles. The molecule has 0 radical (unpaired) electrons. The van der Waals surface area contributed by atoms with E-state index in [4.69, 9.17) is 4.42 Å². The number of nitro benzene ring substituents is 1. The largest absolute Gasteiger partial charge is 0.422 e. The van der Waals surface area contributed by atoms with Crippen molar-refractivity contribution >= 4 is 39.3 Å². The Kier molecular flexibility index (Phi) is 5.07. The maximum Gasteiger partial charge on any atom is 0.345 e. The predicted octanol–water partition coefficient (Wildman–Crippen LogP) is 4.80. The van der Waals surface area contributed by atoms with Gasteiger partial charge in [0.05, 0.1) is 16.2 Å². The first-order valence-corrected chi connectivity index (χ1v) is 9.53. The van der Waals surface area contributed by atoms with Crippen LogP contribution in [0.3, 0.4) is 0 Å². The van der Waals surface area contributed by atoms with Crippen LogP contribution in [0.4, 0.5) is 11.4 Å². The van der Waals surface area contributed by atoms with Gasteiger partial charge in [-0.3, -0.25) is 10.1 Å². The van der Waals surface area contributed by atoms with E-state index in [9.17, 15) is 20.2 Å². The van der Waals surface area contributed by atoms with E-state index in [1.54, 1.807) is 11.6 Å². The Morgan fingerprint density at radius 3 is 2.77 bits per heavy atom. The minimum absolute atomic E-state index is 0.108. The van der Waals surface area contributed by atoms with Crippen molar-refractivity contribution in [3.63, 3.8) is 0 Å². The highest BCUT2D eigenvalue weighted by atomic mass is 32.1. The van der Waals surface area contributed by atoms with Gasteiger partial charge in [0, 0.05) is 34.8 Å². The summed E-state index contributed by atoms with van der Waals surface area (Å²) < 4.78 is 5.28. The van der Waals surface area contributed by atoms with E-state index in [1.165, 1.54) is 35.6 Å². The van der Waals surface area contributed by atoms with Gasteiger partial charge in [0.15, 0.2) is 0 Å². The maximum absolute atomic E-state index is 12.4. The van der Waals surface area contributed by atoms with Crippen molar-refractivity contribution < 1.29 is 9.34 Å². The van der Waals surface area contributed by atoms with Gasteiger partial charge in [-0.15, -0.1) is 11.3 Å². The lowest BCUT2D eigenvalue weighted by Gasteiger charge is -2.01. The number of para-hydroxylation sites is 1. The van der Waals surface area contributed by atoms with Gasteiger partial charge in [-0.05, 0) is 24.3 Å². The number of benzene rings is 2. The summed E-state index contributed by atoms with van der Waals surface area (Å²) in [7, 11) is 0. The van der Waals surface area contributed by atoms with E-state index in [0.717, 1.165) is 5.69 Å². The average Bonchev–Trinajstić information content (AvgIpc) is 3.24. The van der Waals surface area contributed by atoms with Crippen LogP contribution in [0.15, 0.2) is 75.4 Å². The number of nitriles is 1. The molecule has 0 bridgehead atoms. The number of hydrogen-bond donors (Lipinski definition) is 1. The smallest absolute Gasteiger partial charge is 0.345 e. The molecule has 0 atom stereocenters. The van der Waals surface area contributed by atoms with E-state index >= 15 is 0 Å². The van der Waals surface area contributed by atoms with Crippen molar-refractivity contribution in [3.05, 3.63) is 91.7 Å². The number of rotatable bonds is 5. The van der Waals surface area contributed by atoms with Crippen LogP contribution in [-0.2, 0) is 0 Å². The van der Waals surface area contributed by atoms with Crippen molar-refractivity contribution in [1.29, 1.82) is 5.26 Å². The Morgan fingerprint density at radius 2 is 2.03 bits per heavy atom. The van der Waals surface area contributed by atoms with Crippen LogP contribution in [0.1, 0.15) is 5.01 Å². The highest BCUT2D eigenvalue weighted by molar-refractivity contribution is 7.11. The summed E-state index contributed by atoms with van der Waals surface area (Å²) in [6.45, 7) is 0. The third kappa shape index (κ3) is 3.80. The fraction of sp³-hybridized carbons (Fsp3) is 0. The minimum Gasteiger partial charge on any atom is -0.422 e. The van der Waals surface area contributed by atoms with Crippen LogP contribution in [-0.4, -0.2) is 9.91 Å². The van der Waals surface area contributed by atoms with Crippen molar-refractivity contribution in [2.45, 2.75) is 0 Å². The molecule has 4 rings (SSSR count). The summed E-state index contributed by atoms with van der Waals surface area (Å²) in [5, 5.41) is 26.0. The van der Waals surface area contributed by atoms with Gasteiger partial charge in [-0.25, -0.2) is 9.78 Å². The minimum atomic E-state index is -0.613. The molecule has 0 saturated carbocycles. The van der Waals surface area contributed by atoms with Gasteiger partial charge in [-0.2, -0.15) is 5.26 Å². The quantitative estimate of drug-likeness (QED) is 0.214. The maximum atomic E-state index is 12.4. The van der Waals surface area contributed by atoms with Crippen molar-refractivity contribution in [2.75, 3.05) is 5.32 Å². The van der Waals surface area contributed by atoms with Crippen molar-refractivity contribution in [2.24, 2.45) is 0 Å². The Morgan fingerprint density at radius 1 is 1.23 bits per heavy atom. The van der Waals surface area contributed by atoms with Gasteiger partial charge in [-0.1, -0.05) is 18.2 Å². The highest BCUT2D eigenvalue weighted by Crippen LogP contribution is 2.27. The van der Waals surface area contributed by atoms with Crippen molar-refractivity contribution in [3.8, 4) is 17.3 Å². The molecule has 0 amide bonds. The first-order chi connectivity index (χ1) is 14.5. The number of non-ortho nitro benzene ring substituents is 1. The first-order valence-electron chi connectivity index (χ1n) is 8.65. The highest BCUT2D eigenvalue weighted by Gasteiger charge is 2.15. The fourth-order valence-corrected chi connectivity index (χ4v) is 3.54. The molecule has 0 saturated heterocycles. The summed E-state index contributed by atoms with van der Waals surface area (Å²) >= 11 is 1.20. The average molecular weight is 416 g/mol. The second-order valence-corrected chi connectivity index (χ2v) is 7.00. The number of fused-ring (bicyclic) bond motifs is 1. The van der Waals surface area contributed by atoms with Crippen LogP contribution in [0.25, 0.3) is 27.8 Å². The zero-order valence-corrected chi connectivity index (χ0v) is 16.1. The van der Waals surface area contributed by atoms with E-state index < -0.39 is 10.5 Å². The summed E-state index contributed by atoms with van der Waals surface area (Å²) in [4.78, 5) is 27.2. The lowest BCUT2D eigenvalue weighted by atomic mass is 10.1. The Labute approximate surface area is 173 Å². The number of aromatic nitrogens is 1. The fourth-order valence-electron chi connectivity index (χ4n) is 2.76. The molecule has 146 valence electrons. The number of thiazole rings is 1. The molecular weight excluding hydrogens is 404 g/mol. The molecule has 30 heavy (non-hydrogen) atoms. The third-order valence-electron chi connectivity index (χ3n) is 4.21. The predicted molar refractivity (Wildman–Crippen MR) is 114 cm³/mol. The monoisotopic (exact) mass is 416 g/mol. The molecule has 2 aromatic carbocycles. The lowest BCUT2D eigenvalue weighted by Crippen LogP contribution is -2.03. The lowest BCUT2D eigenvalue weighted by molar-refractivity contribution is -0.384. The first kappa shape index (κ1) is 19.0.